The molecule has 11 heteroatoms. The van der Waals surface area contributed by atoms with Gasteiger partial charge in [0.25, 0.3) is 16.1 Å². The molecule has 0 radical (unpaired) electrons. The van der Waals surface area contributed by atoms with Gasteiger partial charge in [-0.15, -0.1) is 12.4 Å². The zero-order valence-electron chi connectivity index (χ0n) is 14.0. The van der Waals surface area contributed by atoms with Crippen LogP contribution in [0.5, 0.6) is 5.75 Å². The molecule has 0 unspecified atom stereocenters. The van der Waals surface area contributed by atoms with E-state index in [0.29, 0.717) is 28.4 Å². The van der Waals surface area contributed by atoms with E-state index in [-0.39, 0.29) is 24.9 Å². The molecular formula is C15H18ClN5O4S. The van der Waals surface area contributed by atoms with Crippen LogP contribution in [0.3, 0.4) is 0 Å². The number of fused-ring (bicyclic) bond motifs is 1. The number of carbonyl (C=O) groups excluding carboxylic acids is 1. The number of halogens is 1. The highest BCUT2D eigenvalue weighted by Gasteiger charge is 2.37. The fourth-order valence-electron chi connectivity index (χ4n) is 2.34. The average molecular weight is 400 g/mol. The molecule has 3 rings (SSSR count). The number of hydrogen-bond acceptors (Lipinski definition) is 6. The van der Waals surface area contributed by atoms with Gasteiger partial charge in [-0.05, 0) is 25.5 Å². The zero-order valence-corrected chi connectivity index (χ0v) is 15.6. The summed E-state index contributed by atoms with van der Waals surface area (Å²) in [7, 11) is -3.78. The fraction of sp³-hybridized carbons (Fsp3) is 0.267. The molecule has 1 aliphatic heterocycles. The van der Waals surface area contributed by atoms with Crippen molar-refractivity contribution in [1.29, 1.82) is 0 Å². The van der Waals surface area contributed by atoms with Crippen LogP contribution in [0.15, 0.2) is 30.6 Å². The normalized spacial score (nSPS) is 15.3. The Morgan fingerprint density at radius 3 is 2.73 bits per heavy atom. The summed E-state index contributed by atoms with van der Waals surface area (Å²) in [5.41, 5.74) is 0.826. The quantitative estimate of drug-likeness (QED) is 0.700. The number of nitrogens with zero attached hydrogens (tertiary/aromatic N) is 2. The third-order valence-corrected chi connectivity index (χ3v) is 4.16. The number of benzene rings is 1. The van der Waals surface area contributed by atoms with E-state index < -0.39 is 15.8 Å². The van der Waals surface area contributed by atoms with Gasteiger partial charge in [-0.1, -0.05) is 18.2 Å². The Kier molecular flexibility index (Phi) is 5.52. The summed E-state index contributed by atoms with van der Waals surface area (Å²) in [5, 5.41) is 7.64. The van der Waals surface area contributed by atoms with Crippen molar-refractivity contribution in [3.8, 4) is 17.0 Å². The summed E-state index contributed by atoms with van der Waals surface area (Å²) in [6, 6.07) is 7.07. The Morgan fingerprint density at radius 1 is 1.31 bits per heavy atom. The predicted octanol–water partition coefficient (Wildman–Crippen LogP) is 0.968. The molecule has 0 aliphatic carbocycles. The van der Waals surface area contributed by atoms with Crippen LogP contribution in [0.1, 0.15) is 19.4 Å². The summed E-state index contributed by atoms with van der Waals surface area (Å²) in [5.74, 6) is 0.363. The summed E-state index contributed by atoms with van der Waals surface area (Å²) in [6.45, 7) is 3.34. The van der Waals surface area contributed by atoms with E-state index in [2.05, 4.69) is 20.0 Å². The standard InChI is InChI=1S/C15H17N5O4S.ClH/c1-15(2)14(21)20-13-12(24-15)11(17-8-18-13)10-5-3-4-9(6-10)7-19-25(16,22)23;/h3-6,8,19H,7H2,1-2H3,(H2,16,22,23)(H,17,18,20,21);1H. The number of aromatic nitrogens is 2. The first-order valence-electron chi connectivity index (χ1n) is 7.38. The van der Waals surface area contributed by atoms with E-state index in [9.17, 15) is 13.2 Å². The Balaban J connectivity index is 0.00000243. The number of anilines is 1. The summed E-state index contributed by atoms with van der Waals surface area (Å²) >= 11 is 0. The minimum atomic E-state index is -3.78. The van der Waals surface area contributed by atoms with Gasteiger partial charge in [-0.2, -0.15) is 13.1 Å². The van der Waals surface area contributed by atoms with Crippen LogP contribution in [0.25, 0.3) is 11.3 Å². The van der Waals surface area contributed by atoms with E-state index >= 15 is 0 Å². The Labute approximate surface area is 157 Å². The van der Waals surface area contributed by atoms with Gasteiger partial charge in [-0.25, -0.2) is 15.1 Å². The van der Waals surface area contributed by atoms with E-state index in [0.717, 1.165) is 0 Å². The maximum Gasteiger partial charge on any atom is 0.274 e. The Bertz CT molecular complexity index is 949. The molecule has 0 atom stereocenters. The third-order valence-electron chi connectivity index (χ3n) is 3.62. The highest BCUT2D eigenvalue weighted by Crippen LogP contribution is 2.39. The van der Waals surface area contributed by atoms with Crippen molar-refractivity contribution in [1.82, 2.24) is 14.7 Å². The van der Waals surface area contributed by atoms with Gasteiger partial charge in [0.05, 0.1) is 0 Å². The van der Waals surface area contributed by atoms with Gasteiger partial charge in [0.1, 0.15) is 12.0 Å². The Morgan fingerprint density at radius 2 is 2.04 bits per heavy atom. The highest BCUT2D eigenvalue weighted by molar-refractivity contribution is 7.87. The third kappa shape index (κ3) is 4.28. The molecule has 4 N–H and O–H groups in total. The smallest absolute Gasteiger partial charge is 0.274 e. The number of nitrogens with two attached hydrogens (primary N) is 1. The van der Waals surface area contributed by atoms with Gasteiger partial charge in [-0.3, -0.25) is 4.79 Å². The molecule has 9 nitrogen and oxygen atoms in total. The van der Waals surface area contributed by atoms with Gasteiger partial charge >= 0.3 is 0 Å². The van der Waals surface area contributed by atoms with Crippen LogP contribution < -0.4 is 19.9 Å². The monoisotopic (exact) mass is 399 g/mol. The van der Waals surface area contributed by atoms with E-state index in [4.69, 9.17) is 9.88 Å². The van der Waals surface area contributed by atoms with Crippen molar-refractivity contribution in [2.45, 2.75) is 26.0 Å². The van der Waals surface area contributed by atoms with Crippen LogP contribution in [0, 0.1) is 0 Å². The fourth-order valence-corrected chi connectivity index (χ4v) is 2.71. The van der Waals surface area contributed by atoms with E-state index in [1.807, 2.05) is 0 Å². The molecule has 1 aliphatic rings. The predicted molar refractivity (Wildman–Crippen MR) is 98.0 cm³/mol. The average Bonchev–Trinajstić information content (AvgIpc) is 2.53. The van der Waals surface area contributed by atoms with Gasteiger partial charge in [0.15, 0.2) is 17.2 Å². The van der Waals surface area contributed by atoms with Gasteiger partial charge in [0, 0.05) is 12.1 Å². The van der Waals surface area contributed by atoms with Gasteiger partial charge in [0.2, 0.25) is 0 Å². The molecule has 0 saturated heterocycles. The van der Waals surface area contributed by atoms with Crippen LogP contribution in [0.2, 0.25) is 0 Å². The number of rotatable bonds is 4. The van der Waals surface area contributed by atoms with Crippen molar-refractivity contribution < 1.29 is 17.9 Å². The van der Waals surface area contributed by atoms with Crippen molar-refractivity contribution >= 4 is 34.3 Å². The van der Waals surface area contributed by atoms with Crippen LogP contribution in [-0.4, -0.2) is 29.9 Å². The van der Waals surface area contributed by atoms with Gasteiger partial charge < -0.3 is 10.1 Å². The maximum absolute atomic E-state index is 12.0. The van der Waals surface area contributed by atoms with E-state index in [1.54, 1.807) is 38.1 Å². The first kappa shape index (κ1) is 20.0. The molecule has 26 heavy (non-hydrogen) atoms. The lowest BCUT2D eigenvalue weighted by Crippen LogP contribution is -2.46. The molecule has 1 amide bonds. The van der Waals surface area contributed by atoms with Crippen LogP contribution >= 0.6 is 12.4 Å². The molecule has 140 valence electrons. The molecule has 2 heterocycles. The highest BCUT2D eigenvalue weighted by atomic mass is 35.5. The lowest BCUT2D eigenvalue weighted by Gasteiger charge is -2.31. The summed E-state index contributed by atoms with van der Waals surface area (Å²) in [4.78, 5) is 20.3. The first-order chi connectivity index (χ1) is 11.7. The summed E-state index contributed by atoms with van der Waals surface area (Å²) < 4.78 is 30.1. The van der Waals surface area contributed by atoms with E-state index in [1.165, 1.54) is 6.33 Å². The van der Waals surface area contributed by atoms with Crippen LogP contribution in [-0.2, 0) is 21.5 Å². The van der Waals surface area contributed by atoms with Crippen LogP contribution in [0.4, 0.5) is 5.82 Å². The second-order valence-corrected chi connectivity index (χ2v) is 7.41. The molecule has 0 spiro atoms. The minimum Gasteiger partial charge on any atom is -0.472 e. The van der Waals surface area contributed by atoms with Crippen molar-refractivity contribution in [3.05, 3.63) is 36.2 Å². The van der Waals surface area contributed by atoms with Crippen molar-refractivity contribution in [2.75, 3.05) is 5.32 Å². The van der Waals surface area contributed by atoms with Crippen molar-refractivity contribution in [3.63, 3.8) is 0 Å². The molecule has 1 aromatic carbocycles. The molecular weight excluding hydrogens is 382 g/mol. The first-order valence-corrected chi connectivity index (χ1v) is 8.92. The number of ether oxygens (including phenoxy) is 1. The number of nitrogens with one attached hydrogen (secondary N) is 2. The topological polar surface area (TPSA) is 136 Å². The lowest BCUT2D eigenvalue weighted by molar-refractivity contribution is -0.129. The molecule has 0 saturated carbocycles. The molecule has 0 bridgehead atoms. The largest absolute Gasteiger partial charge is 0.472 e. The minimum absolute atomic E-state index is 0. The molecule has 2 aromatic rings. The summed E-state index contributed by atoms with van der Waals surface area (Å²) in [6.07, 6.45) is 1.32. The SMILES string of the molecule is CC1(C)Oc2c(ncnc2-c2cccc(CNS(N)(=O)=O)c2)NC1=O.Cl. The van der Waals surface area contributed by atoms with Crippen molar-refractivity contribution in [2.24, 2.45) is 5.14 Å². The maximum atomic E-state index is 12.0. The number of amides is 1. The molecule has 1 aromatic heterocycles. The zero-order chi connectivity index (χ0) is 18.2. The number of carbonyl (C=O) groups is 1. The second-order valence-electron chi connectivity index (χ2n) is 6.03. The lowest BCUT2D eigenvalue weighted by atomic mass is 10.0. The molecule has 0 fully saturated rings. The Hall–Kier alpha value is -2.27. The number of hydrogen-bond donors (Lipinski definition) is 3. The second kappa shape index (κ2) is 7.16.